The van der Waals surface area contributed by atoms with Gasteiger partial charge in [-0.25, -0.2) is 4.39 Å². The van der Waals surface area contributed by atoms with Gasteiger partial charge in [0.05, 0.1) is 12.7 Å². The summed E-state index contributed by atoms with van der Waals surface area (Å²) < 4.78 is 18.6. The van der Waals surface area contributed by atoms with Crippen molar-refractivity contribution in [2.75, 3.05) is 13.2 Å². The quantitative estimate of drug-likeness (QED) is 0.703. The van der Waals surface area contributed by atoms with E-state index < -0.39 is 6.10 Å². The van der Waals surface area contributed by atoms with Crippen LogP contribution in [0.1, 0.15) is 44.3 Å². The Balaban J connectivity index is 2.43. The van der Waals surface area contributed by atoms with E-state index in [-0.39, 0.29) is 12.4 Å². The van der Waals surface area contributed by atoms with Crippen molar-refractivity contribution in [3.8, 4) is 5.75 Å². The summed E-state index contributed by atoms with van der Waals surface area (Å²) in [5.41, 5.74) is 0.603. The highest BCUT2D eigenvalue weighted by Crippen LogP contribution is 2.26. The Bertz CT molecular complexity index is 353. The zero-order chi connectivity index (χ0) is 13.4. The second-order valence-electron chi connectivity index (χ2n) is 4.34. The number of halogens is 1. The van der Waals surface area contributed by atoms with Gasteiger partial charge in [0.1, 0.15) is 11.6 Å². The van der Waals surface area contributed by atoms with Gasteiger partial charge in [-0.15, -0.1) is 0 Å². The third-order valence-corrected chi connectivity index (χ3v) is 2.74. The molecule has 0 aromatic heterocycles. The molecule has 1 aromatic rings. The van der Waals surface area contributed by atoms with E-state index >= 15 is 0 Å². The molecule has 0 saturated carbocycles. The van der Waals surface area contributed by atoms with Crippen LogP contribution in [0.5, 0.6) is 5.75 Å². The SMILES string of the molecule is C[C@@H](O)c1ccc(F)cc1OCCCCCCO. The molecule has 0 aliphatic carbocycles. The second kappa shape index (κ2) is 8.06. The van der Waals surface area contributed by atoms with E-state index in [9.17, 15) is 9.50 Å². The summed E-state index contributed by atoms with van der Waals surface area (Å²) in [6.07, 6.45) is 2.93. The molecule has 0 radical (unpaired) electrons. The zero-order valence-electron chi connectivity index (χ0n) is 10.7. The average molecular weight is 256 g/mol. The highest BCUT2D eigenvalue weighted by molar-refractivity contribution is 5.35. The Kier molecular flexibility index (Phi) is 6.68. The van der Waals surface area contributed by atoms with E-state index in [4.69, 9.17) is 9.84 Å². The van der Waals surface area contributed by atoms with E-state index in [2.05, 4.69) is 0 Å². The minimum absolute atomic E-state index is 0.219. The number of benzene rings is 1. The smallest absolute Gasteiger partial charge is 0.127 e. The largest absolute Gasteiger partial charge is 0.493 e. The minimum atomic E-state index is -0.671. The minimum Gasteiger partial charge on any atom is -0.493 e. The van der Waals surface area contributed by atoms with Gasteiger partial charge in [0.15, 0.2) is 0 Å². The van der Waals surface area contributed by atoms with Gasteiger partial charge in [0, 0.05) is 18.2 Å². The van der Waals surface area contributed by atoms with Crippen molar-refractivity contribution < 1.29 is 19.3 Å². The fourth-order valence-corrected chi connectivity index (χ4v) is 1.73. The summed E-state index contributed by atoms with van der Waals surface area (Å²) in [6.45, 7) is 2.34. The van der Waals surface area contributed by atoms with Crippen LogP contribution >= 0.6 is 0 Å². The second-order valence-corrected chi connectivity index (χ2v) is 4.34. The molecule has 0 aliphatic rings. The Morgan fingerprint density at radius 3 is 2.61 bits per heavy atom. The van der Waals surface area contributed by atoms with Crippen LogP contribution in [0.2, 0.25) is 0 Å². The molecule has 102 valence electrons. The molecular weight excluding hydrogens is 235 g/mol. The highest BCUT2D eigenvalue weighted by atomic mass is 19.1. The lowest BCUT2D eigenvalue weighted by atomic mass is 10.1. The summed E-state index contributed by atoms with van der Waals surface area (Å²) in [4.78, 5) is 0. The molecule has 3 nitrogen and oxygen atoms in total. The Morgan fingerprint density at radius 2 is 1.94 bits per heavy atom. The number of hydrogen-bond donors (Lipinski definition) is 2. The molecule has 0 saturated heterocycles. The van der Waals surface area contributed by atoms with E-state index in [0.29, 0.717) is 17.9 Å². The summed E-state index contributed by atoms with van der Waals surface area (Å²) in [7, 11) is 0. The van der Waals surface area contributed by atoms with Gasteiger partial charge < -0.3 is 14.9 Å². The van der Waals surface area contributed by atoms with Crippen molar-refractivity contribution in [1.29, 1.82) is 0 Å². The summed E-state index contributed by atoms with van der Waals surface area (Å²) >= 11 is 0. The molecule has 0 unspecified atom stereocenters. The van der Waals surface area contributed by atoms with E-state index in [0.717, 1.165) is 25.7 Å². The molecule has 1 atom stereocenters. The molecule has 1 aromatic carbocycles. The van der Waals surface area contributed by atoms with Crippen molar-refractivity contribution in [2.45, 2.75) is 38.7 Å². The van der Waals surface area contributed by atoms with Crippen LogP contribution in [0.4, 0.5) is 4.39 Å². The number of rotatable bonds is 8. The monoisotopic (exact) mass is 256 g/mol. The maximum atomic E-state index is 13.1. The highest BCUT2D eigenvalue weighted by Gasteiger charge is 2.10. The lowest BCUT2D eigenvalue weighted by molar-refractivity contribution is 0.190. The van der Waals surface area contributed by atoms with E-state index in [1.807, 2.05) is 0 Å². The Morgan fingerprint density at radius 1 is 1.22 bits per heavy atom. The van der Waals surface area contributed by atoms with Crippen LogP contribution in [0.15, 0.2) is 18.2 Å². The summed E-state index contributed by atoms with van der Waals surface area (Å²) in [5.74, 6) is 0.0434. The number of hydrogen-bond acceptors (Lipinski definition) is 3. The first-order chi connectivity index (χ1) is 8.65. The van der Waals surface area contributed by atoms with Crippen molar-refractivity contribution in [2.24, 2.45) is 0 Å². The zero-order valence-corrected chi connectivity index (χ0v) is 10.7. The molecule has 18 heavy (non-hydrogen) atoms. The van der Waals surface area contributed by atoms with Crippen LogP contribution in [0, 0.1) is 5.82 Å². The third-order valence-electron chi connectivity index (χ3n) is 2.74. The third kappa shape index (κ3) is 5.02. The summed E-state index contributed by atoms with van der Waals surface area (Å²) in [6, 6.07) is 4.16. The van der Waals surface area contributed by atoms with Gasteiger partial charge >= 0.3 is 0 Å². The van der Waals surface area contributed by atoms with Crippen molar-refractivity contribution >= 4 is 0 Å². The van der Waals surface area contributed by atoms with Gasteiger partial charge in [-0.2, -0.15) is 0 Å². The van der Waals surface area contributed by atoms with Crippen molar-refractivity contribution in [1.82, 2.24) is 0 Å². The summed E-state index contributed by atoms with van der Waals surface area (Å²) in [5, 5.41) is 18.2. The maximum absolute atomic E-state index is 13.1. The van der Waals surface area contributed by atoms with Crippen molar-refractivity contribution in [3.05, 3.63) is 29.6 Å². The van der Waals surface area contributed by atoms with Crippen molar-refractivity contribution in [3.63, 3.8) is 0 Å². The topological polar surface area (TPSA) is 49.7 Å². The maximum Gasteiger partial charge on any atom is 0.127 e. The van der Waals surface area contributed by atoms with Crippen LogP contribution in [-0.2, 0) is 0 Å². The normalized spacial score (nSPS) is 12.4. The van der Waals surface area contributed by atoms with Crippen LogP contribution in [-0.4, -0.2) is 23.4 Å². The molecule has 0 amide bonds. The van der Waals surface area contributed by atoms with Gasteiger partial charge in [0.2, 0.25) is 0 Å². The van der Waals surface area contributed by atoms with Crippen LogP contribution in [0.3, 0.4) is 0 Å². The molecule has 0 bridgehead atoms. The van der Waals surface area contributed by atoms with E-state index in [1.165, 1.54) is 12.1 Å². The lowest BCUT2D eigenvalue weighted by Crippen LogP contribution is -2.03. The first-order valence-corrected chi connectivity index (χ1v) is 6.36. The molecule has 0 aliphatic heterocycles. The Hall–Kier alpha value is -1.13. The fraction of sp³-hybridized carbons (Fsp3) is 0.571. The van der Waals surface area contributed by atoms with E-state index in [1.54, 1.807) is 13.0 Å². The standard InChI is InChI=1S/C14H21FO3/c1-11(17)13-7-6-12(15)10-14(13)18-9-5-3-2-4-8-16/h6-7,10-11,16-17H,2-5,8-9H2,1H3/t11-/m1/s1. The van der Waals surface area contributed by atoms with Gasteiger partial charge in [-0.3, -0.25) is 0 Å². The fourth-order valence-electron chi connectivity index (χ4n) is 1.73. The number of ether oxygens (including phenoxy) is 1. The van der Waals surface area contributed by atoms with Gasteiger partial charge in [-0.1, -0.05) is 6.42 Å². The molecule has 1 rings (SSSR count). The predicted molar refractivity (Wildman–Crippen MR) is 68.1 cm³/mol. The molecule has 0 fully saturated rings. The number of unbranched alkanes of at least 4 members (excludes halogenated alkanes) is 3. The number of aliphatic hydroxyl groups excluding tert-OH is 2. The predicted octanol–water partition coefficient (Wildman–Crippen LogP) is 2.81. The Labute approximate surface area is 107 Å². The first-order valence-electron chi connectivity index (χ1n) is 6.36. The van der Waals surface area contributed by atoms with Crippen LogP contribution < -0.4 is 4.74 Å². The molecule has 0 spiro atoms. The molecular formula is C14H21FO3. The number of aliphatic hydroxyl groups is 2. The molecule has 0 heterocycles. The average Bonchev–Trinajstić information content (AvgIpc) is 2.33. The molecule has 4 heteroatoms. The van der Waals surface area contributed by atoms with Gasteiger partial charge in [-0.05, 0) is 38.3 Å². The van der Waals surface area contributed by atoms with Crippen LogP contribution in [0.25, 0.3) is 0 Å². The first kappa shape index (κ1) is 14.9. The van der Waals surface area contributed by atoms with Gasteiger partial charge in [0.25, 0.3) is 0 Å². The molecule has 2 N–H and O–H groups in total. The lowest BCUT2D eigenvalue weighted by Gasteiger charge is -2.13.